The minimum atomic E-state index is -1.69. The van der Waals surface area contributed by atoms with Crippen LogP contribution in [0.15, 0.2) is 41.7 Å². The maximum Gasteiger partial charge on any atom is 0.337 e. The molecule has 210 valence electrons. The Kier molecular flexibility index (Phi) is 10.1. The molecule has 3 rings (SSSR count). The Morgan fingerprint density at radius 2 is 1.82 bits per heavy atom. The number of methoxy groups -OCH3 is 1. The molecule has 13 nitrogen and oxygen atoms in total. The van der Waals surface area contributed by atoms with Crippen LogP contribution in [0.1, 0.15) is 18.9 Å². The van der Waals surface area contributed by atoms with E-state index in [-0.39, 0.29) is 36.5 Å². The maximum atomic E-state index is 12.7. The van der Waals surface area contributed by atoms with Gasteiger partial charge in [-0.1, -0.05) is 12.1 Å². The second-order valence-corrected chi connectivity index (χ2v) is 8.71. The lowest BCUT2D eigenvalue weighted by molar-refractivity contribution is -0.327. The van der Waals surface area contributed by atoms with Crippen molar-refractivity contribution >= 4 is 11.9 Å². The average Bonchev–Trinajstić information content (AvgIpc) is 2.90. The Morgan fingerprint density at radius 3 is 2.45 bits per heavy atom. The van der Waals surface area contributed by atoms with Crippen molar-refractivity contribution in [2.24, 2.45) is 5.92 Å². The fourth-order valence-electron chi connectivity index (χ4n) is 4.16. The van der Waals surface area contributed by atoms with Crippen LogP contribution in [0.3, 0.4) is 0 Å². The molecule has 0 saturated carbocycles. The first-order chi connectivity index (χ1) is 18.1. The molecule has 2 aliphatic rings. The largest absolute Gasteiger partial charge is 0.504 e. The fraction of sp³-hybridized carbons (Fsp3) is 0.520. The standard InChI is InChI=1S/C25H32O13/c1-3-13-14(9-19(29)35-7-6-12-4-5-16(27)17(28)8-12)15(23(33)34-2)11-36-24(13)38-25-22(32)21(31)20(30)18(10-26)37-25/h3-5,8,11,14,18,20-22,24-28,30-32H,6-7,9-10H2,1-2H3/b13-3-/t14?,18-,20-,21+,22-,24+,25?/m1/s1. The van der Waals surface area contributed by atoms with Crippen LogP contribution < -0.4 is 0 Å². The number of aliphatic hydroxyl groups is 4. The van der Waals surface area contributed by atoms with Crippen LogP contribution in [0.4, 0.5) is 0 Å². The van der Waals surface area contributed by atoms with Crippen LogP contribution in [0.2, 0.25) is 0 Å². The predicted molar refractivity (Wildman–Crippen MR) is 126 cm³/mol. The minimum Gasteiger partial charge on any atom is -0.504 e. The Morgan fingerprint density at radius 1 is 1.08 bits per heavy atom. The summed E-state index contributed by atoms with van der Waals surface area (Å²) in [4.78, 5) is 25.1. The molecule has 7 atom stereocenters. The number of allylic oxidation sites excluding steroid dienone is 1. The Labute approximate surface area is 218 Å². The summed E-state index contributed by atoms with van der Waals surface area (Å²) in [5, 5.41) is 58.8. The molecule has 1 fully saturated rings. The van der Waals surface area contributed by atoms with E-state index in [0.717, 1.165) is 13.4 Å². The van der Waals surface area contributed by atoms with Gasteiger partial charge in [-0.15, -0.1) is 0 Å². The van der Waals surface area contributed by atoms with Crippen LogP contribution in [-0.2, 0) is 39.7 Å². The lowest BCUT2D eigenvalue weighted by atomic mass is 9.86. The number of carbonyl (C=O) groups excluding carboxylic acids is 2. The van der Waals surface area contributed by atoms with E-state index in [1.807, 2.05) is 0 Å². The molecule has 2 unspecified atom stereocenters. The summed E-state index contributed by atoms with van der Waals surface area (Å²) in [6.45, 7) is 0.912. The van der Waals surface area contributed by atoms with Crippen molar-refractivity contribution in [2.75, 3.05) is 20.3 Å². The summed E-state index contributed by atoms with van der Waals surface area (Å²) in [6, 6.07) is 4.23. The lowest BCUT2D eigenvalue weighted by Crippen LogP contribution is -2.60. The molecule has 0 spiro atoms. The zero-order valence-corrected chi connectivity index (χ0v) is 20.8. The van der Waals surface area contributed by atoms with E-state index in [1.165, 1.54) is 12.1 Å². The van der Waals surface area contributed by atoms with E-state index >= 15 is 0 Å². The molecule has 1 aromatic rings. The van der Waals surface area contributed by atoms with Gasteiger partial charge in [0.1, 0.15) is 24.4 Å². The number of hydrogen-bond acceptors (Lipinski definition) is 13. The van der Waals surface area contributed by atoms with Gasteiger partial charge in [0.15, 0.2) is 17.8 Å². The molecule has 0 aliphatic carbocycles. The molecule has 6 N–H and O–H groups in total. The predicted octanol–water partition coefficient (Wildman–Crippen LogP) is -0.634. The number of phenolic OH excluding ortho intramolecular Hbond substituents is 2. The van der Waals surface area contributed by atoms with E-state index < -0.39 is 61.5 Å². The first-order valence-electron chi connectivity index (χ1n) is 11.8. The molecule has 2 aliphatic heterocycles. The van der Waals surface area contributed by atoms with E-state index in [9.17, 15) is 40.2 Å². The van der Waals surface area contributed by atoms with Crippen molar-refractivity contribution in [3.8, 4) is 11.5 Å². The lowest BCUT2D eigenvalue weighted by Gasteiger charge is -2.41. The topological polar surface area (TPSA) is 202 Å². The third-order valence-electron chi connectivity index (χ3n) is 6.29. The highest BCUT2D eigenvalue weighted by Gasteiger charge is 2.46. The molecule has 1 aromatic carbocycles. The number of phenols is 2. The summed E-state index contributed by atoms with van der Waals surface area (Å²) >= 11 is 0. The van der Waals surface area contributed by atoms with Gasteiger partial charge in [-0.2, -0.15) is 0 Å². The van der Waals surface area contributed by atoms with Gasteiger partial charge in [0, 0.05) is 17.9 Å². The summed E-state index contributed by atoms with van der Waals surface area (Å²) in [5.74, 6) is -2.89. The number of benzene rings is 1. The van der Waals surface area contributed by atoms with Crippen LogP contribution in [-0.4, -0.2) is 99.9 Å². The molecule has 0 radical (unpaired) electrons. The first-order valence-corrected chi connectivity index (χ1v) is 11.8. The van der Waals surface area contributed by atoms with Crippen molar-refractivity contribution in [1.82, 2.24) is 0 Å². The van der Waals surface area contributed by atoms with Crippen molar-refractivity contribution < 1.29 is 63.9 Å². The Bertz CT molecular complexity index is 1050. The summed E-state index contributed by atoms with van der Waals surface area (Å²) < 4.78 is 26.7. The van der Waals surface area contributed by atoms with Gasteiger partial charge in [0.2, 0.25) is 6.29 Å². The number of aromatic hydroxyl groups is 2. The van der Waals surface area contributed by atoms with Gasteiger partial charge in [0.05, 0.1) is 38.6 Å². The quantitative estimate of drug-likeness (QED) is 0.131. The van der Waals surface area contributed by atoms with Gasteiger partial charge in [0.25, 0.3) is 0 Å². The highest BCUT2D eigenvalue weighted by Crippen LogP contribution is 2.36. The zero-order valence-electron chi connectivity index (χ0n) is 20.8. The van der Waals surface area contributed by atoms with E-state index in [0.29, 0.717) is 11.1 Å². The molecular formula is C25H32O13. The van der Waals surface area contributed by atoms with Crippen molar-refractivity contribution in [3.63, 3.8) is 0 Å². The number of aliphatic hydroxyl groups excluding tert-OH is 4. The van der Waals surface area contributed by atoms with Crippen molar-refractivity contribution in [1.29, 1.82) is 0 Å². The van der Waals surface area contributed by atoms with Gasteiger partial charge >= 0.3 is 11.9 Å². The molecule has 38 heavy (non-hydrogen) atoms. The number of carbonyl (C=O) groups is 2. The van der Waals surface area contributed by atoms with E-state index in [2.05, 4.69) is 0 Å². The summed E-state index contributed by atoms with van der Waals surface area (Å²) in [6.07, 6.45) is -6.39. The van der Waals surface area contributed by atoms with Crippen LogP contribution in [0, 0.1) is 5.92 Å². The fourth-order valence-corrected chi connectivity index (χ4v) is 4.16. The van der Waals surface area contributed by atoms with Crippen molar-refractivity contribution in [3.05, 3.63) is 47.2 Å². The second kappa shape index (κ2) is 13.0. The number of ether oxygens (including phenoxy) is 5. The third-order valence-corrected chi connectivity index (χ3v) is 6.29. The van der Waals surface area contributed by atoms with Gasteiger partial charge in [-0.3, -0.25) is 4.79 Å². The van der Waals surface area contributed by atoms with Gasteiger partial charge in [-0.05, 0) is 24.6 Å². The van der Waals surface area contributed by atoms with Gasteiger partial charge < -0.3 is 54.3 Å². The Hall–Kier alpha value is -3.20. The Balaban J connectivity index is 1.71. The highest BCUT2D eigenvalue weighted by molar-refractivity contribution is 5.90. The maximum absolute atomic E-state index is 12.7. The van der Waals surface area contributed by atoms with Crippen LogP contribution in [0.25, 0.3) is 0 Å². The average molecular weight is 541 g/mol. The smallest absolute Gasteiger partial charge is 0.337 e. The van der Waals surface area contributed by atoms with Crippen LogP contribution >= 0.6 is 0 Å². The summed E-state index contributed by atoms with van der Waals surface area (Å²) in [5.41, 5.74) is 0.927. The number of hydrogen-bond donors (Lipinski definition) is 6. The minimum absolute atomic E-state index is 0.00894. The van der Waals surface area contributed by atoms with Crippen LogP contribution in [0.5, 0.6) is 11.5 Å². The molecule has 1 saturated heterocycles. The zero-order chi connectivity index (χ0) is 28.0. The second-order valence-electron chi connectivity index (χ2n) is 8.71. The van der Waals surface area contributed by atoms with Gasteiger partial charge in [-0.25, -0.2) is 4.79 Å². The molecule has 0 bridgehead atoms. The number of rotatable bonds is 9. The first kappa shape index (κ1) is 29.4. The summed E-state index contributed by atoms with van der Waals surface area (Å²) in [7, 11) is 1.16. The third kappa shape index (κ3) is 6.62. The number of esters is 2. The molecule has 0 aromatic heterocycles. The molecular weight excluding hydrogens is 508 g/mol. The van der Waals surface area contributed by atoms with E-state index in [4.69, 9.17) is 23.7 Å². The molecule has 13 heteroatoms. The van der Waals surface area contributed by atoms with E-state index in [1.54, 1.807) is 19.1 Å². The van der Waals surface area contributed by atoms with Crippen molar-refractivity contribution in [2.45, 2.75) is 56.8 Å². The molecule has 0 amide bonds. The SMILES string of the molecule is C/C=C1/C(CC(=O)OCCc2ccc(O)c(O)c2)C(C(=O)OC)=CO[C@H]1OC1O[C@H](CO)[C@@H](O)[C@H](O)[C@H]1O. The molecule has 2 heterocycles. The monoisotopic (exact) mass is 540 g/mol. The highest BCUT2D eigenvalue weighted by atomic mass is 16.8. The normalized spacial score (nSPS) is 30.3.